The van der Waals surface area contributed by atoms with E-state index >= 15 is 0 Å². The predicted molar refractivity (Wildman–Crippen MR) is 90.8 cm³/mol. The van der Waals surface area contributed by atoms with Crippen LogP contribution in [0.25, 0.3) is 0 Å². The molecule has 2 atom stereocenters. The van der Waals surface area contributed by atoms with Crippen molar-refractivity contribution in [3.05, 3.63) is 0 Å². The van der Waals surface area contributed by atoms with Gasteiger partial charge >= 0.3 is 0 Å². The second kappa shape index (κ2) is 7.21. The molecule has 3 fully saturated rings. The quantitative estimate of drug-likeness (QED) is 0.757. The third kappa shape index (κ3) is 3.83. The summed E-state index contributed by atoms with van der Waals surface area (Å²) in [7, 11) is 0. The number of rotatable bonds is 4. The molecule has 0 bridgehead atoms. The fourth-order valence-electron chi connectivity index (χ4n) is 4.32. The van der Waals surface area contributed by atoms with Crippen LogP contribution in [-0.2, 0) is 14.3 Å². The van der Waals surface area contributed by atoms with E-state index in [-0.39, 0.29) is 11.8 Å². The summed E-state index contributed by atoms with van der Waals surface area (Å²) in [6.07, 6.45) is 3.28. The summed E-state index contributed by atoms with van der Waals surface area (Å²) in [5, 5.41) is 20.8. The summed E-state index contributed by atoms with van der Waals surface area (Å²) < 4.78 is 5.85. The Morgan fingerprint density at radius 3 is 2.64 bits per heavy atom. The highest BCUT2D eigenvalue weighted by molar-refractivity contribution is 5.78. The normalized spacial score (nSPS) is 32.4. The van der Waals surface area contributed by atoms with E-state index in [9.17, 15) is 19.8 Å². The van der Waals surface area contributed by atoms with E-state index in [1.807, 2.05) is 9.80 Å². The predicted octanol–water partition coefficient (Wildman–Crippen LogP) is 0.282. The first-order valence-corrected chi connectivity index (χ1v) is 9.44. The van der Waals surface area contributed by atoms with Gasteiger partial charge in [-0.25, -0.2) is 0 Å². The molecule has 3 aliphatic rings. The molecule has 7 nitrogen and oxygen atoms in total. The van der Waals surface area contributed by atoms with Gasteiger partial charge in [0.15, 0.2) is 0 Å². The molecule has 0 aliphatic carbocycles. The number of ether oxygens (including phenoxy) is 1. The zero-order valence-electron chi connectivity index (χ0n) is 15.1. The first kappa shape index (κ1) is 18.6. The van der Waals surface area contributed by atoms with E-state index in [2.05, 4.69) is 0 Å². The molecule has 2 amide bonds. The number of aliphatic hydroxyl groups is 2. The minimum absolute atomic E-state index is 0.0959. The molecule has 7 heteroatoms. The summed E-state index contributed by atoms with van der Waals surface area (Å²) in [5.74, 6) is 0.293. The number of carbonyl (C=O) groups is 2. The maximum atomic E-state index is 12.4. The molecule has 3 heterocycles. The molecule has 0 aromatic rings. The monoisotopic (exact) mass is 354 g/mol. The summed E-state index contributed by atoms with van der Waals surface area (Å²) in [6, 6.07) is 0. The van der Waals surface area contributed by atoms with E-state index in [0.29, 0.717) is 64.8 Å². The minimum Gasteiger partial charge on any atom is -0.387 e. The number of nitrogens with zero attached hydrogens (tertiary/aromatic N) is 2. The molecule has 0 unspecified atom stereocenters. The van der Waals surface area contributed by atoms with Crippen LogP contribution in [0.5, 0.6) is 0 Å². The molecule has 3 aliphatic heterocycles. The van der Waals surface area contributed by atoms with Crippen molar-refractivity contribution in [1.82, 2.24) is 9.80 Å². The van der Waals surface area contributed by atoms with E-state index in [4.69, 9.17) is 4.74 Å². The smallest absolute Gasteiger partial charge is 0.222 e. The Bertz CT molecular complexity index is 514. The summed E-state index contributed by atoms with van der Waals surface area (Å²) >= 11 is 0. The Hall–Kier alpha value is -1.18. The van der Waals surface area contributed by atoms with Gasteiger partial charge in [-0.2, -0.15) is 0 Å². The van der Waals surface area contributed by atoms with Gasteiger partial charge in [0.25, 0.3) is 0 Å². The fraction of sp³-hybridized carbons (Fsp3) is 0.889. The SMILES string of the molecule is C[C@@]1(O)CCOC2(CCN(C(=O)CCCN3CCCC3=O)CC2)[C@H]1O. The molecule has 142 valence electrons. The van der Waals surface area contributed by atoms with Gasteiger partial charge in [-0.05, 0) is 32.6 Å². The second-order valence-electron chi connectivity index (χ2n) is 7.89. The maximum Gasteiger partial charge on any atom is 0.222 e. The van der Waals surface area contributed by atoms with E-state index in [1.165, 1.54) is 0 Å². The molecule has 3 saturated heterocycles. The van der Waals surface area contributed by atoms with Gasteiger partial charge in [0.2, 0.25) is 11.8 Å². The van der Waals surface area contributed by atoms with Crippen LogP contribution in [0.15, 0.2) is 0 Å². The molecule has 2 N–H and O–H groups in total. The highest BCUT2D eigenvalue weighted by atomic mass is 16.5. The standard InChI is InChI=1S/C18H30N2O5/c1-17(24)8-13-25-18(16(17)23)6-11-20(12-7-18)15(22)5-3-10-19-9-2-4-14(19)21/h16,23-24H,2-13H2,1H3/t16-,17+/m0/s1. The van der Waals surface area contributed by atoms with Gasteiger partial charge in [0.05, 0.1) is 12.2 Å². The lowest BCUT2D eigenvalue weighted by molar-refractivity contribution is -0.245. The van der Waals surface area contributed by atoms with E-state index in [1.54, 1.807) is 6.92 Å². The molecule has 3 rings (SSSR count). The van der Waals surface area contributed by atoms with Crippen LogP contribution in [0.2, 0.25) is 0 Å². The average Bonchev–Trinajstić information content (AvgIpc) is 2.98. The van der Waals surface area contributed by atoms with Crippen molar-refractivity contribution in [2.75, 3.05) is 32.8 Å². The van der Waals surface area contributed by atoms with Gasteiger partial charge in [-0.3, -0.25) is 9.59 Å². The lowest BCUT2D eigenvalue weighted by Crippen LogP contribution is -2.64. The summed E-state index contributed by atoms with van der Waals surface area (Å²) in [6.45, 7) is 4.63. The number of likely N-dealkylation sites (tertiary alicyclic amines) is 2. The second-order valence-corrected chi connectivity index (χ2v) is 7.89. The lowest BCUT2D eigenvalue weighted by atomic mass is 9.75. The molecule has 25 heavy (non-hydrogen) atoms. The molecule has 0 saturated carbocycles. The Kier molecular flexibility index (Phi) is 5.37. The Labute approximate surface area is 148 Å². The minimum atomic E-state index is -1.13. The van der Waals surface area contributed by atoms with Crippen molar-refractivity contribution in [1.29, 1.82) is 0 Å². The van der Waals surface area contributed by atoms with Gasteiger partial charge in [0.1, 0.15) is 11.7 Å². The van der Waals surface area contributed by atoms with Crippen molar-refractivity contribution in [2.45, 2.75) is 69.2 Å². The van der Waals surface area contributed by atoms with E-state index in [0.717, 1.165) is 13.0 Å². The molecule has 0 aromatic heterocycles. The molecular weight excluding hydrogens is 324 g/mol. The van der Waals surface area contributed by atoms with Crippen LogP contribution < -0.4 is 0 Å². The highest BCUT2D eigenvalue weighted by Gasteiger charge is 2.52. The zero-order valence-corrected chi connectivity index (χ0v) is 15.1. The van der Waals surface area contributed by atoms with Crippen LogP contribution in [0.4, 0.5) is 0 Å². The third-order valence-corrected chi connectivity index (χ3v) is 6.04. The summed E-state index contributed by atoms with van der Waals surface area (Å²) in [4.78, 5) is 27.6. The van der Waals surface area contributed by atoms with Crippen LogP contribution in [0, 0.1) is 0 Å². The average molecular weight is 354 g/mol. The first-order valence-electron chi connectivity index (χ1n) is 9.44. The molecule has 1 spiro atoms. The zero-order chi connectivity index (χ0) is 18.1. The van der Waals surface area contributed by atoms with Crippen LogP contribution >= 0.6 is 0 Å². The number of carbonyl (C=O) groups excluding carboxylic acids is 2. The molecule has 0 aromatic carbocycles. The van der Waals surface area contributed by atoms with Crippen molar-refractivity contribution in [3.8, 4) is 0 Å². The Morgan fingerprint density at radius 2 is 2.00 bits per heavy atom. The number of aliphatic hydroxyl groups excluding tert-OH is 1. The fourth-order valence-corrected chi connectivity index (χ4v) is 4.32. The van der Waals surface area contributed by atoms with Crippen molar-refractivity contribution in [3.63, 3.8) is 0 Å². The maximum absolute atomic E-state index is 12.4. The Morgan fingerprint density at radius 1 is 1.28 bits per heavy atom. The van der Waals surface area contributed by atoms with Gasteiger partial charge in [-0.1, -0.05) is 0 Å². The van der Waals surface area contributed by atoms with Crippen molar-refractivity contribution < 1.29 is 24.5 Å². The van der Waals surface area contributed by atoms with Gasteiger partial charge in [-0.15, -0.1) is 0 Å². The molecule has 0 radical (unpaired) electrons. The van der Waals surface area contributed by atoms with E-state index < -0.39 is 17.3 Å². The Balaban J connectivity index is 1.45. The van der Waals surface area contributed by atoms with Crippen LogP contribution in [0.3, 0.4) is 0 Å². The number of hydrogen-bond acceptors (Lipinski definition) is 5. The number of amides is 2. The van der Waals surface area contributed by atoms with Crippen molar-refractivity contribution >= 4 is 11.8 Å². The highest BCUT2D eigenvalue weighted by Crippen LogP contribution is 2.39. The van der Waals surface area contributed by atoms with Crippen LogP contribution in [0.1, 0.15) is 51.9 Å². The number of piperidine rings is 1. The summed E-state index contributed by atoms with van der Waals surface area (Å²) in [5.41, 5.74) is -1.87. The first-order chi connectivity index (χ1) is 11.8. The molecular formula is C18H30N2O5. The van der Waals surface area contributed by atoms with Gasteiger partial charge < -0.3 is 24.7 Å². The van der Waals surface area contributed by atoms with Crippen LogP contribution in [-0.4, -0.2) is 81.9 Å². The largest absolute Gasteiger partial charge is 0.387 e. The van der Waals surface area contributed by atoms with Crippen molar-refractivity contribution in [2.24, 2.45) is 0 Å². The lowest BCUT2D eigenvalue weighted by Gasteiger charge is -2.51. The van der Waals surface area contributed by atoms with Gasteiger partial charge in [0, 0.05) is 45.4 Å². The third-order valence-electron chi connectivity index (χ3n) is 6.04. The topological polar surface area (TPSA) is 90.3 Å². The number of hydrogen-bond donors (Lipinski definition) is 2.